The summed E-state index contributed by atoms with van der Waals surface area (Å²) in [6, 6.07) is 11.1. The predicted octanol–water partition coefficient (Wildman–Crippen LogP) is 2.09. The molecule has 5 heteroatoms. The van der Waals surface area contributed by atoms with Crippen LogP contribution in [-0.2, 0) is 11.2 Å². The van der Waals surface area contributed by atoms with E-state index in [0.29, 0.717) is 6.04 Å². The Balaban J connectivity index is 1.75. The van der Waals surface area contributed by atoms with Crippen LogP contribution < -0.4 is 5.32 Å². The molecule has 0 bridgehead atoms. The van der Waals surface area contributed by atoms with E-state index in [1.807, 2.05) is 7.05 Å². The molecule has 0 aromatic heterocycles. The van der Waals surface area contributed by atoms with Crippen molar-refractivity contribution in [3.8, 4) is 0 Å². The summed E-state index contributed by atoms with van der Waals surface area (Å²) in [5.74, 6) is 1.75. The first-order valence-corrected chi connectivity index (χ1v) is 9.30. The van der Waals surface area contributed by atoms with E-state index in [4.69, 9.17) is 4.74 Å². The Labute approximate surface area is 153 Å². The average molecular weight is 347 g/mol. The minimum absolute atomic E-state index is 0.415. The lowest BCUT2D eigenvalue weighted by atomic mass is 10.1. The SMILES string of the molecule is CN=C(NCC(Cc1ccccc1)N(C)C)N(C)CCOCC1CC1. The van der Waals surface area contributed by atoms with Crippen molar-refractivity contribution in [3.63, 3.8) is 0 Å². The fourth-order valence-electron chi connectivity index (χ4n) is 2.76. The molecule has 0 heterocycles. The highest BCUT2D eigenvalue weighted by Gasteiger charge is 2.21. The van der Waals surface area contributed by atoms with Crippen LogP contribution in [0, 0.1) is 5.92 Å². The van der Waals surface area contributed by atoms with Gasteiger partial charge in [-0.2, -0.15) is 0 Å². The van der Waals surface area contributed by atoms with Crippen LogP contribution in [0.15, 0.2) is 35.3 Å². The number of nitrogens with one attached hydrogen (secondary N) is 1. The summed E-state index contributed by atoms with van der Waals surface area (Å²) in [5, 5.41) is 3.51. The number of likely N-dealkylation sites (N-methyl/N-ethyl adjacent to an activating group) is 2. The maximum atomic E-state index is 5.73. The van der Waals surface area contributed by atoms with Gasteiger partial charge in [-0.15, -0.1) is 0 Å². The van der Waals surface area contributed by atoms with E-state index in [1.54, 1.807) is 0 Å². The Morgan fingerprint density at radius 1 is 1.24 bits per heavy atom. The van der Waals surface area contributed by atoms with Gasteiger partial charge in [-0.3, -0.25) is 4.99 Å². The Bertz CT molecular complexity index is 514. The topological polar surface area (TPSA) is 40.1 Å². The third kappa shape index (κ3) is 7.45. The first kappa shape index (κ1) is 19.7. The normalized spacial score (nSPS) is 16.1. The Morgan fingerprint density at radius 3 is 2.56 bits per heavy atom. The second kappa shape index (κ2) is 10.4. The molecular formula is C20H34N4O. The molecule has 1 unspecified atom stereocenters. The van der Waals surface area contributed by atoms with Gasteiger partial charge in [0.25, 0.3) is 0 Å². The Morgan fingerprint density at radius 2 is 1.96 bits per heavy atom. The highest BCUT2D eigenvalue weighted by molar-refractivity contribution is 5.79. The van der Waals surface area contributed by atoms with Crippen molar-refractivity contribution in [2.45, 2.75) is 25.3 Å². The maximum Gasteiger partial charge on any atom is 0.193 e. The Hall–Kier alpha value is -1.59. The minimum atomic E-state index is 0.415. The number of benzene rings is 1. The smallest absolute Gasteiger partial charge is 0.193 e. The molecule has 0 saturated heterocycles. The first-order chi connectivity index (χ1) is 12.1. The highest BCUT2D eigenvalue weighted by Crippen LogP contribution is 2.28. The van der Waals surface area contributed by atoms with E-state index in [9.17, 15) is 0 Å². The molecular weight excluding hydrogens is 312 g/mol. The van der Waals surface area contributed by atoms with E-state index < -0.39 is 0 Å². The second-order valence-electron chi connectivity index (χ2n) is 7.18. The van der Waals surface area contributed by atoms with Crippen LogP contribution in [0.5, 0.6) is 0 Å². The largest absolute Gasteiger partial charge is 0.379 e. The number of aliphatic imine (C=N–C) groups is 1. The zero-order chi connectivity index (χ0) is 18.1. The molecule has 0 aliphatic heterocycles. The molecule has 1 aliphatic rings. The van der Waals surface area contributed by atoms with Crippen LogP contribution in [0.25, 0.3) is 0 Å². The van der Waals surface area contributed by atoms with Crippen molar-refractivity contribution in [3.05, 3.63) is 35.9 Å². The Kier molecular flexibility index (Phi) is 8.22. The molecule has 0 radical (unpaired) electrons. The molecule has 1 fully saturated rings. The fourth-order valence-corrected chi connectivity index (χ4v) is 2.76. The number of guanidine groups is 1. The van der Waals surface area contributed by atoms with Crippen molar-refractivity contribution in [2.24, 2.45) is 10.9 Å². The van der Waals surface area contributed by atoms with Crippen LogP contribution >= 0.6 is 0 Å². The quantitative estimate of drug-likeness (QED) is 0.400. The highest BCUT2D eigenvalue weighted by atomic mass is 16.5. The summed E-state index contributed by atoms with van der Waals surface area (Å²) in [5.41, 5.74) is 1.36. The lowest BCUT2D eigenvalue weighted by molar-refractivity contribution is 0.115. The van der Waals surface area contributed by atoms with Gasteiger partial charge < -0.3 is 19.9 Å². The second-order valence-corrected chi connectivity index (χ2v) is 7.18. The molecule has 2 rings (SSSR count). The molecule has 25 heavy (non-hydrogen) atoms. The molecule has 0 amide bonds. The molecule has 1 aromatic carbocycles. The van der Waals surface area contributed by atoms with Gasteiger partial charge in [0.15, 0.2) is 5.96 Å². The number of rotatable bonds is 10. The van der Waals surface area contributed by atoms with Crippen molar-refractivity contribution >= 4 is 5.96 Å². The lowest BCUT2D eigenvalue weighted by Gasteiger charge is -2.28. The summed E-state index contributed by atoms with van der Waals surface area (Å²) in [6.45, 7) is 3.40. The molecule has 1 saturated carbocycles. The van der Waals surface area contributed by atoms with E-state index >= 15 is 0 Å². The molecule has 0 spiro atoms. The number of hydrogen-bond donors (Lipinski definition) is 1. The maximum absolute atomic E-state index is 5.73. The summed E-state index contributed by atoms with van der Waals surface area (Å²) in [7, 11) is 8.17. The monoisotopic (exact) mass is 346 g/mol. The van der Waals surface area contributed by atoms with Gasteiger partial charge in [-0.05, 0) is 44.8 Å². The van der Waals surface area contributed by atoms with Gasteiger partial charge in [0.05, 0.1) is 6.61 Å². The van der Waals surface area contributed by atoms with Crippen LogP contribution in [0.2, 0.25) is 0 Å². The van der Waals surface area contributed by atoms with Gasteiger partial charge in [-0.25, -0.2) is 0 Å². The van der Waals surface area contributed by atoms with Gasteiger partial charge in [-0.1, -0.05) is 30.3 Å². The standard InChI is InChI=1S/C20H34N4O/c1-21-20(24(4)12-13-25-16-18-10-11-18)22-15-19(23(2)3)14-17-8-6-5-7-9-17/h5-9,18-19H,10-16H2,1-4H3,(H,21,22). The van der Waals surface area contributed by atoms with Crippen molar-refractivity contribution in [1.82, 2.24) is 15.1 Å². The summed E-state index contributed by atoms with van der Waals surface area (Å²) < 4.78 is 5.73. The average Bonchev–Trinajstić information content (AvgIpc) is 3.43. The zero-order valence-electron chi connectivity index (χ0n) is 16.2. The number of nitrogens with zero attached hydrogens (tertiary/aromatic N) is 3. The number of ether oxygens (including phenoxy) is 1. The summed E-state index contributed by atoms with van der Waals surface area (Å²) in [6.07, 6.45) is 3.70. The van der Waals surface area contributed by atoms with E-state index in [1.165, 1.54) is 18.4 Å². The zero-order valence-corrected chi connectivity index (χ0v) is 16.2. The predicted molar refractivity (Wildman–Crippen MR) is 105 cm³/mol. The lowest BCUT2D eigenvalue weighted by Crippen LogP contribution is -2.47. The third-order valence-electron chi connectivity index (χ3n) is 4.74. The van der Waals surface area contributed by atoms with Gasteiger partial charge in [0.1, 0.15) is 0 Å². The number of hydrogen-bond acceptors (Lipinski definition) is 3. The van der Waals surface area contributed by atoms with Crippen LogP contribution in [0.3, 0.4) is 0 Å². The molecule has 1 N–H and O–H groups in total. The van der Waals surface area contributed by atoms with Crippen LogP contribution in [0.1, 0.15) is 18.4 Å². The summed E-state index contributed by atoms with van der Waals surface area (Å²) >= 11 is 0. The van der Waals surface area contributed by atoms with Gasteiger partial charge in [0, 0.05) is 39.8 Å². The first-order valence-electron chi connectivity index (χ1n) is 9.30. The van der Waals surface area contributed by atoms with E-state index in [2.05, 4.69) is 71.6 Å². The van der Waals surface area contributed by atoms with Crippen molar-refractivity contribution < 1.29 is 4.74 Å². The minimum Gasteiger partial charge on any atom is -0.379 e. The summed E-state index contributed by atoms with van der Waals surface area (Å²) in [4.78, 5) is 8.82. The molecule has 1 atom stereocenters. The van der Waals surface area contributed by atoms with Gasteiger partial charge in [0.2, 0.25) is 0 Å². The van der Waals surface area contributed by atoms with Crippen molar-refractivity contribution in [2.75, 3.05) is 54.5 Å². The van der Waals surface area contributed by atoms with Crippen LogP contribution in [0.4, 0.5) is 0 Å². The van der Waals surface area contributed by atoms with Crippen molar-refractivity contribution in [1.29, 1.82) is 0 Å². The van der Waals surface area contributed by atoms with E-state index in [-0.39, 0.29) is 0 Å². The van der Waals surface area contributed by atoms with Gasteiger partial charge >= 0.3 is 0 Å². The van der Waals surface area contributed by atoms with E-state index in [0.717, 1.165) is 44.6 Å². The fraction of sp³-hybridized carbons (Fsp3) is 0.650. The molecule has 1 aromatic rings. The third-order valence-corrected chi connectivity index (χ3v) is 4.74. The molecule has 5 nitrogen and oxygen atoms in total. The molecule has 140 valence electrons. The molecule has 1 aliphatic carbocycles. The van der Waals surface area contributed by atoms with Crippen LogP contribution in [-0.4, -0.2) is 76.3 Å².